The molecule has 8 rings (SSSR count). The van der Waals surface area contributed by atoms with Crippen LogP contribution in [0.15, 0.2) is 97.1 Å². The fourth-order valence-electron chi connectivity index (χ4n) is 12.4. The van der Waals surface area contributed by atoms with Gasteiger partial charge in [-0.1, -0.05) is 0 Å². The molecule has 0 spiro atoms. The van der Waals surface area contributed by atoms with Crippen LogP contribution >= 0.6 is 0 Å². The number of anilines is 1. The van der Waals surface area contributed by atoms with Crippen molar-refractivity contribution in [1.82, 2.24) is 0 Å². The van der Waals surface area contributed by atoms with Gasteiger partial charge in [-0.05, 0) is 0 Å². The molecule has 0 aliphatic rings. The molecule has 0 aliphatic carbocycles. The van der Waals surface area contributed by atoms with Gasteiger partial charge in [0.2, 0.25) is 0 Å². The standard InChI is InChI=1S/C66H71GeN/c1-35-19-41(7)59(42(8)20-35)53-31-55(61-45(11)23-37(3)24-46(61)12)65(56(32-53)62-47(13)25-38(4)26-48(62)14)67-68-66-57(63-49(15)27-39(5)28-50(63)16)33-54(60-43(9)21-36(2)22-44(60)10)34-58(66)64-51(17)29-40(6)30-52(64)18/h19-34,68H,1-18H3. The molecule has 0 saturated heterocycles. The van der Waals surface area contributed by atoms with Crippen LogP contribution in [-0.2, 0) is 0 Å². The van der Waals surface area contributed by atoms with Crippen molar-refractivity contribution >= 4 is 25.7 Å². The molecular weight excluding hydrogens is 879 g/mol. The first-order valence-corrected chi connectivity index (χ1v) is 26.6. The molecular formula is C66H71GeN. The summed E-state index contributed by atoms with van der Waals surface area (Å²) in [4.78, 5) is 0. The Morgan fingerprint density at radius 2 is 0.426 bits per heavy atom. The van der Waals surface area contributed by atoms with E-state index < -0.39 is 15.7 Å². The number of hydrogen-bond donors (Lipinski definition) is 1. The Bertz CT molecular complexity index is 2830. The first-order valence-electron chi connectivity index (χ1n) is 24.5. The zero-order valence-electron chi connectivity index (χ0n) is 44.2. The minimum absolute atomic E-state index is 1.13. The van der Waals surface area contributed by atoms with Crippen molar-refractivity contribution in [2.45, 2.75) is 125 Å². The summed E-state index contributed by atoms with van der Waals surface area (Å²) in [5, 5.41) is 0. The van der Waals surface area contributed by atoms with Gasteiger partial charge < -0.3 is 0 Å². The van der Waals surface area contributed by atoms with Gasteiger partial charge in [0.1, 0.15) is 0 Å². The fraction of sp³-hybridized carbons (Fsp3) is 0.273. The van der Waals surface area contributed by atoms with Crippen LogP contribution < -0.4 is 8.67 Å². The van der Waals surface area contributed by atoms with Crippen LogP contribution in [0.3, 0.4) is 0 Å². The van der Waals surface area contributed by atoms with E-state index in [1.165, 1.54) is 177 Å². The van der Waals surface area contributed by atoms with Crippen molar-refractivity contribution in [3.63, 3.8) is 0 Å². The van der Waals surface area contributed by atoms with Crippen LogP contribution in [0.4, 0.5) is 5.69 Å². The van der Waals surface area contributed by atoms with Gasteiger partial charge in [0, 0.05) is 0 Å². The molecule has 8 aromatic carbocycles. The van der Waals surface area contributed by atoms with E-state index in [9.17, 15) is 0 Å². The van der Waals surface area contributed by atoms with Crippen molar-refractivity contribution in [2.24, 2.45) is 0 Å². The molecule has 0 bridgehead atoms. The van der Waals surface area contributed by atoms with Crippen LogP contribution in [-0.4, -0.2) is 15.7 Å². The second-order valence-corrected chi connectivity index (χ2v) is 22.9. The average molecular weight is 951 g/mol. The van der Waals surface area contributed by atoms with Crippen molar-refractivity contribution in [2.75, 3.05) is 4.27 Å². The minimum atomic E-state index is -1.13. The van der Waals surface area contributed by atoms with E-state index in [2.05, 4.69) is 226 Å². The quantitative estimate of drug-likeness (QED) is 0.142. The third-order valence-electron chi connectivity index (χ3n) is 14.3. The summed E-state index contributed by atoms with van der Waals surface area (Å²) in [6, 6.07) is 38.5. The summed E-state index contributed by atoms with van der Waals surface area (Å²) in [6.45, 7) is 41.0. The predicted octanol–water partition coefficient (Wildman–Crippen LogP) is 17.6. The van der Waals surface area contributed by atoms with E-state index >= 15 is 0 Å². The monoisotopic (exact) mass is 951 g/mol. The predicted molar refractivity (Wildman–Crippen MR) is 300 cm³/mol. The summed E-state index contributed by atoms with van der Waals surface area (Å²) in [5.41, 5.74) is 40.5. The maximum absolute atomic E-state index is 4.49. The van der Waals surface area contributed by atoms with Crippen molar-refractivity contribution < 1.29 is 0 Å². The summed E-state index contributed by atoms with van der Waals surface area (Å²) in [7, 11) is 0. The molecule has 2 heteroatoms. The number of hydrogen-bond acceptors (Lipinski definition) is 1. The molecule has 0 unspecified atom stereocenters. The molecule has 8 aromatic rings. The van der Waals surface area contributed by atoms with Crippen molar-refractivity contribution in [3.05, 3.63) is 197 Å². The van der Waals surface area contributed by atoms with Gasteiger partial charge in [0.15, 0.2) is 0 Å². The van der Waals surface area contributed by atoms with Gasteiger partial charge in [0.05, 0.1) is 0 Å². The van der Waals surface area contributed by atoms with Gasteiger partial charge >= 0.3 is 419 Å². The van der Waals surface area contributed by atoms with E-state index in [4.69, 9.17) is 0 Å². The van der Waals surface area contributed by atoms with E-state index in [-0.39, 0.29) is 0 Å². The van der Waals surface area contributed by atoms with Gasteiger partial charge in [-0.25, -0.2) is 0 Å². The molecule has 2 radical (unpaired) electrons. The Hall–Kier alpha value is -5.90. The van der Waals surface area contributed by atoms with E-state index in [1.54, 1.807) is 0 Å². The SMILES string of the molecule is Cc1cc(C)c(-c2cc(-c3c(C)cc(C)cc3C)c([NH][Ge][c]3c(-c4c(C)cc(C)cc4C)cc(-c4c(C)cc(C)cc4C)cc3-c3c(C)cc(C)cc3C)c(-c3c(C)cc(C)cc3C)c2)c(C)c1. The van der Waals surface area contributed by atoms with E-state index in [1.807, 2.05) is 0 Å². The van der Waals surface area contributed by atoms with Gasteiger partial charge in [-0.2, -0.15) is 0 Å². The molecule has 0 saturated carbocycles. The van der Waals surface area contributed by atoms with Gasteiger partial charge in [-0.15, -0.1) is 0 Å². The number of nitrogens with one attached hydrogen (secondary N) is 1. The zero-order chi connectivity index (χ0) is 49.2. The third kappa shape index (κ3) is 9.20. The van der Waals surface area contributed by atoms with Gasteiger partial charge in [-0.3, -0.25) is 0 Å². The van der Waals surface area contributed by atoms with Crippen molar-refractivity contribution in [1.29, 1.82) is 0 Å². The summed E-state index contributed by atoms with van der Waals surface area (Å²) in [5.74, 6) is 0. The molecule has 0 aromatic heterocycles. The second kappa shape index (κ2) is 18.9. The Kier molecular flexibility index (Phi) is 13.5. The van der Waals surface area contributed by atoms with Crippen LogP contribution in [0.25, 0.3) is 66.8 Å². The first-order chi connectivity index (χ1) is 32.1. The Balaban J connectivity index is 1.52. The van der Waals surface area contributed by atoms with E-state index in [0.717, 1.165) is 0 Å². The average Bonchev–Trinajstić information content (AvgIpc) is 3.19. The second-order valence-electron chi connectivity index (χ2n) is 20.8. The van der Waals surface area contributed by atoms with Crippen LogP contribution in [0.2, 0.25) is 0 Å². The molecule has 0 amide bonds. The molecule has 0 fully saturated rings. The number of rotatable bonds is 9. The van der Waals surface area contributed by atoms with Crippen molar-refractivity contribution in [3.8, 4) is 66.8 Å². The summed E-state index contributed by atoms with van der Waals surface area (Å²) >= 11 is -1.13. The topological polar surface area (TPSA) is 12.0 Å². The van der Waals surface area contributed by atoms with Crippen LogP contribution in [0, 0.1) is 125 Å². The van der Waals surface area contributed by atoms with Gasteiger partial charge in [0.25, 0.3) is 0 Å². The summed E-state index contributed by atoms with van der Waals surface area (Å²) < 4.78 is 5.92. The summed E-state index contributed by atoms with van der Waals surface area (Å²) in [6.07, 6.45) is 0. The molecule has 0 atom stereocenters. The molecule has 1 nitrogen and oxygen atoms in total. The Morgan fingerprint density at radius 1 is 0.235 bits per heavy atom. The Labute approximate surface area is 416 Å². The molecule has 68 heavy (non-hydrogen) atoms. The van der Waals surface area contributed by atoms with Crippen LogP contribution in [0.1, 0.15) is 100 Å². The molecule has 344 valence electrons. The molecule has 0 aliphatic heterocycles. The molecule has 1 N–H and O–H groups in total. The molecule has 0 heterocycles. The third-order valence-corrected chi connectivity index (χ3v) is 16.7. The van der Waals surface area contributed by atoms with E-state index in [0.29, 0.717) is 0 Å². The zero-order valence-corrected chi connectivity index (χ0v) is 46.3. The Morgan fingerprint density at radius 3 is 0.662 bits per heavy atom. The first kappa shape index (κ1) is 48.6. The normalized spacial score (nSPS) is 11.4. The fourth-order valence-corrected chi connectivity index (χ4v) is 14.9. The maximum atomic E-state index is 4.49. The number of aryl methyl sites for hydroxylation is 18. The number of benzene rings is 8. The van der Waals surface area contributed by atoms with Crippen LogP contribution in [0.5, 0.6) is 0 Å².